The molecular formula is C16H25N4O3S+. The molecule has 3 rings (SSSR count). The van der Waals surface area contributed by atoms with Crippen LogP contribution in [0.15, 0.2) is 12.3 Å². The normalized spacial score (nSPS) is 26.4. The molecule has 3 heterocycles. The highest BCUT2D eigenvalue weighted by molar-refractivity contribution is 7.99. The molecule has 0 spiro atoms. The Morgan fingerprint density at radius 2 is 2.25 bits per heavy atom. The van der Waals surface area contributed by atoms with Crippen molar-refractivity contribution in [2.24, 2.45) is 0 Å². The molecule has 132 valence electrons. The Kier molecular flexibility index (Phi) is 5.60. The molecule has 2 aliphatic rings. The van der Waals surface area contributed by atoms with E-state index in [0.29, 0.717) is 25.3 Å². The van der Waals surface area contributed by atoms with E-state index in [1.54, 1.807) is 18.0 Å². The van der Waals surface area contributed by atoms with Crippen molar-refractivity contribution in [1.82, 2.24) is 10.3 Å². The summed E-state index contributed by atoms with van der Waals surface area (Å²) in [7, 11) is 4.09. The number of hydrogen-bond acceptors (Lipinski definition) is 6. The van der Waals surface area contributed by atoms with Crippen LogP contribution in [0.4, 0.5) is 5.82 Å². The summed E-state index contributed by atoms with van der Waals surface area (Å²) < 4.78 is 11.6. The number of quaternary nitrogens is 1. The smallest absolute Gasteiger partial charge is 0.255 e. The van der Waals surface area contributed by atoms with Gasteiger partial charge in [-0.15, -0.1) is 11.8 Å². The van der Waals surface area contributed by atoms with Crippen LogP contribution in [0.1, 0.15) is 21.2 Å². The summed E-state index contributed by atoms with van der Waals surface area (Å²) in [6.07, 6.45) is 1.88. The van der Waals surface area contributed by atoms with E-state index in [9.17, 15) is 4.79 Å². The van der Waals surface area contributed by atoms with Gasteiger partial charge in [0.2, 0.25) is 0 Å². The quantitative estimate of drug-likeness (QED) is 0.636. The second-order valence-electron chi connectivity index (χ2n) is 6.41. The second kappa shape index (κ2) is 7.69. The summed E-state index contributed by atoms with van der Waals surface area (Å²) in [4.78, 5) is 17.9. The zero-order chi connectivity index (χ0) is 17.1. The third-order valence-electron chi connectivity index (χ3n) is 4.25. The average Bonchev–Trinajstić information content (AvgIpc) is 2.99. The minimum absolute atomic E-state index is 0.0161. The highest BCUT2D eigenvalue weighted by Crippen LogP contribution is 2.44. The number of pyridine rings is 1. The van der Waals surface area contributed by atoms with Crippen molar-refractivity contribution < 1.29 is 19.2 Å². The molecule has 3 unspecified atom stereocenters. The Labute approximate surface area is 146 Å². The minimum atomic E-state index is -0.177. The Hall–Kier alpha value is -1.35. The number of rotatable bonds is 5. The number of ether oxygens (including phenoxy) is 2. The molecule has 2 aliphatic heterocycles. The van der Waals surface area contributed by atoms with Crippen molar-refractivity contribution in [3.8, 4) is 0 Å². The van der Waals surface area contributed by atoms with Crippen LogP contribution in [0, 0.1) is 0 Å². The van der Waals surface area contributed by atoms with E-state index in [1.807, 2.05) is 20.2 Å². The summed E-state index contributed by atoms with van der Waals surface area (Å²) in [5.74, 6) is 0.976. The van der Waals surface area contributed by atoms with Gasteiger partial charge in [0.15, 0.2) is 0 Å². The van der Waals surface area contributed by atoms with Gasteiger partial charge < -0.3 is 25.4 Å². The maximum absolute atomic E-state index is 12.4. The number of nitrogens with zero attached hydrogens (tertiary/aromatic N) is 1. The first kappa shape index (κ1) is 17.5. The molecule has 7 nitrogen and oxygen atoms in total. The number of carbonyl (C=O) groups is 1. The first-order chi connectivity index (χ1) is 11.6. The Bertz CT molecular complexity index is 599. The third kappa shape index (κ3) is 3.83. The van der Waals surface area contributed by atoms with Gasteiger partial charge in [0.1, 0.15) is 11.9 Å². The number of nitrogen functional groups attached to an aromatic ring is 1. The lowest BCUT2D eigenvalue weighted by atomic mass is 10.0. The average molecular weight is 353 g/mol. The number of amides is 1. The molecule has 4 N–H and O–H groups in total. The molecule has 1 aromatic heterocycles. The van der Waals surface area contributed by atoms with E-state index in [0.717, 1.165) is 17.9 Å². The zero-order valence-electron chi connectivity index (χ0n) is 14.1. The van der Waals surface area contributed by atoms with E-state index in [1.165, 1.54) is 4.90 Å². The summed E-state index contributed by atoms with van der Waals surface area (Å²) in [6.45, 7) is 2.72. The molecule has 1 aromatic rings. The van der Waals surface area contributed by atoms with E-state index in [4.69, 9.17) is 15.2 Å². The Balaban J connectivity index is 1.73. The molecule has 0 aliphatic carbocycles. The third-order valence-corrected chi connectivity index (χ3v) is 5.67. The fourth-order valence-electron chi connectivity index (χ4n) is 2.94. The van der Waals surface area contributed by atoms with Crippen LogP contribution in [0.25, 0.3) is 0 Å². The van der Waals surface area contributed by atoms with Gasteiger partial charge in [-0.1, -0.05) is 0 Å². The SMILES string of the molecule is C[NH+](C)CCNC(=O)c1cc(C2SCC3OCCOC32)cnc1N. The van der Waals surface area contributed by atoms with Gasteiger partial charge in [-0.3, -0.25) is 4.79 Å². The monoisotopic (exact) mass is 353 g/mol. The topological polar surface area (TPSA) is 90.9 Å². The Morgan fingerprint density at radius 1 is 1.46 bits per heavy atom. The van der Waals surface area contributed by atoms with Crippen LogP contribution in [0.3, 0.4) is 0 Å². The molecule has 2 saturated heterocycles. The molecule has 2 fully saturated rings. The van der Waals surface area contributed by atoms with Crippen molar-refractivity contribution in [1.29, 1.82) is 0 Å². The highest BCUT2D eigenvalue weighted by Gasteiger charge is 2.41. The van der Waals surface area contributed by atoms with Crippen molar-refractivity contribution in [2.75, 3.05) is 51.9 Å². The first-order valence-corrected chi connectivity index (χ1v) is 9.28. The van der Waals surface area contributed by atoms with Crippen molar-refractivity contribution in [3.63, 3.8) is 0 Å². The van der Waals surface area contributed by atoms with Gasteiger partial charge in [0.25, 0.3) is 5.91 Å². The van der Waals surface area contributed by atoms with Crippen molar-refractivity contribution >= 4 is 23.5 Å². The van der Waals surface area contributed by atoms with Gasteiger partial charge in [-0.25, -0.2) is 4.98 Å². The number of carbonyl (C=O) groups excluding carboxylic acids is 1. The van der Waals surface area contributed by atoms with Crippen LogP contribution in [0.2, 0.25) is 0 Å². The first-order valence-electron chi connectivity index (χ1n) is 8.23. The van der Waals surface area contributed by atoms with Crippen LogP contribution >= 0.6 is 11.8 Å². The number of fused-ring (bicyclic) bond motifs is 1. The summed E-state index contributed by atoms with van der Waals surface area (Å²) >= 11 is 1.78. The lowest BCUT2D eigenvalue weighted by molar-refractivity contribution is -0.856. The number of nitrogens with two attached hydrogens (primary N) is 1. The molecule has 0 bridgehead atoms. The van der Waals surface area contributed by atoms with Gasteiger partial charge in [-0.05, 0) is 11.6 Å². The van der Waals surface area contributed by atoms with Crippen LogP contribution in [0.5, 0.6) is 0 Å². The maximum atomic E-state index is 12.4. The standard InChI is InChI=1S/C16H24N4O3S/c1-20(2)4-3-18-16(21)11-7-10(8-19-15(11)17)14-13-12(9-24-14)22-5-6-23-13/h7-8,12-14H,3-6,9H2,1-2H3,(H2,17,19)(H,18,21)/p+1. The van der Waals surface area contributed by atoms with Gasteiger partial charge in [-0.2, -0.15) is 0 Å². The number of likely N-dealkylation sites (N-methyl/N-ethyl adjacent to an activating group) is 1. The number of aromatic nitrogens is 1. The highest BCUT2D eigenvalue weighted by atomic mass is 32.2. The molecule has 1 amide bonds. The number of nitrogens with one attached hydrogen (secondary N) is 2. The van der Waals surface area contributed by atoms with E-state index < -0.39 is 0 Å². The molecule has 0 aromatic carbocycles. The Morgan fingerprint density at radius 3 is 3.04 bits per heavy atom. The molecular weight excluding hydrogens is 328 g/mol. The summed E-state index contributed by atoms with van der Waals surface area (Å²) in [5.41, 5.74) is 7.31. The van der Waals surface area contributed by atoms with Gasteiger partial charge >= 0.3 is 0 Å². The van der Waals surface area contributed by atoms with Gasteiger partial charge in [0, 0.05) is 11.9 Å². The number of hydrogen-bond donors (Lipinski definition) is 3. The fourth-order valence-corrected chi connectivity index (χ4v) is 4.39. The lowest BCUT2D eigenvalue weighted by Gasteiger charge is -2.29. The van der Waals surface area contributed by atoms with Crippen molar-refractivity contribution in [3.05, 3.63) is 23.4 Å². The predicted octanol–water partition coefficient (Wildman–Crippen LogP) is -0.890. The molecule has 0 radical (unpaired) electrons. The van der Waals surface area contributed by atoms with Crippen LogP contribution in [-0.4, -0.2) is 69.3 Å². The van der Waals surface area contributed by atoms with Gasteiger partial charge in [0.05, 0.1) is 57.3 Å². The minimum Gasteiger partial charge on any atom is -0.383 e. The van der Waals surface area contributed by atoms with Crippen molar-refractivity contribution in [2.45, 2.75) is 17.5 Å². The largest absolute Gasteiger partial charge is 0.383 e. The van der Waals surface area contributed by atoms with Crippen LogP contribution in [-0.2, 0) is 9.47 Å². The van der Waals surface area contributed by atoms with E-state index in [-0.39, 0.29) is 29.2 Å². The predicted molar refractivity (Wildman–Crippen MR) is 93.3 cm³/mol. The maximum Gasteiger partial charge on any atom is 0.255 e. The van der Waals surface area contributed by atoms with E-state index in [2.05, 4.69) is 10.3 Å². The van der Waals surface area contributed by atoms with Crippen LogP contribution < -0.4 is 16.0 Å². The molecule has 8 heteroatoms. The second-order valence-corrected chi connectivity index (χ2v) is 7.59. The number of anilines is 1. The summed E-state index contributed by atoms with van der Waals surface area (Å²) in [6, 6.07) is 1.85. The number of thioether (sulfide) groups is 1. The molecule has 24 heavy (non-hydrogen) atoms. The summed E-state index contributed by atoms with van der Waals surface area (Å²) in [5, 5.41) is 3.03. The van der Waals surface area contributed by atoms with E-state index >= 15 is 0 Å². The lowest BCUT2D eigenvalue weighted by Crippen LogP contribution is -3.06. The zero-order valence-corrected chi connectivity index (χ0v) is 14.9. The molecule has 3 atom stereocenters. The fraction of sp³-hybridized carbons (Fsp3) is 0.625. The molecule has 0 saturated carbocycles.